The van der Waals surface area contributed by atoms with Crippen molar-refractivity contribution >= 4 is 48.3 Å². The maximum absolute atomic E-state index is 12.8. The van der Waals surface area contributed by atoms with E-state index in [1.807, 2.05) is 0 Å². The van der Waals surface area contributed by atoms with Crippen molar-refractivity contribution in [1.82, 2.24) is 20.4 Å². The zero-order valence-corrected chi connectivity index (χ0v) is 24.0. The normalized spacial score (nSPS) is 14.1. The Balaban J connectivity index is 0. The van der Waals surface area contributed by atoms with Gasteiger partial charge in [-0.3, -0.25) is 18.8 Å². The van der Waals surface area contributed by atoms with Crippen LogP contribution >= 0.6 is 30.8 Å². The summed E-state index contributed by atoms with van der Waals surface area (Å²) in [5.41, 5.74) is -0.178. The first-order chi connectivity index (χ1) is 14.1. The Hall–Kier alpha value is 0.0600. The van der Waals surface area contributed by atoms with Crippen LogP contribution in [0.15, 0.2) is 24.4 Å². The number of carbonyl (C=O) groups excluding carboxylic acids is 2. The van der Waals surface area contributed by atoms with Crippen molar-refractivity contribution in [2.45, 2.75) is 25.2 Å². The van der Waals surface area contributed by atoms with E-state index in [0.717, 1.165) is 30.6 Å². The predicted octanol–water partition coefficient (Wildman–Crippen LogP) is -3.71. The van der Waals surface area contributed by atoms with E-state index in [-0.39, 0.29) is 95.0 Å². The third-order valence-corrected chi connectivity index (χ3v) is 5.71. The number of carbonyl (C=O) groups is 2. The van der Waals surface area contributed by atoms with Crippen LogP contribution in [0.2, 0.25) is 10.0 Å². The number of piperidine rings is 1. The summed E-state index contributed by atoms with van der Waals surface area (Å²) in [6.45, 7) is 1.51. The number of nitrogens with zero attached hydrogens (tertiary/aromatic N) is 2. The van der Waals surface area contributed by atoms with Gasteiger partial charge in [-0.25, -0.2) is 0 Å². The van der Waals surface area contributed by atoms with Crippen LogP contribution in [0.25, 0.3) is 0 Å². The second-order valence-corrected chi connectivity index (χ2v) is 9.21. The molecule has 5 N–H and O–H groups in total. The number of anilines is 1. The summed E-state index contributed by atoms with van der Waals surface area (Å²) in [5.74, 6) is -1.25. The monoisotopic (exact) mass is 523 g/mol. The van der Waals surface area contributed by atoms with E-state index in [1.165, 1.54) is 18.3 Å². The molecule has 1 saturated heterocycles. The van der Waals surface area contributed by atoms with Crippen LogP contribution in [-0.2, 0) is 10.9 Å². The Morgan fingerprint density at radius 3 is 2.34 bits per heavy atom. The van der Waals surface area contributed by atoms with E-state index < -0.39 is 25.7 Å². The first-order valence-corrected chi connectivity index (χ1v) is 11.6. The summed E-state index contributed by atoms with van der Waals surface area (Å²) >= 11 is 12.1. The molecule has 2 aromatic rings. The fraction of sp³-hybridized carbons (Fsp3) is 0.353. The predicted molar refractivity (Wildman–Crippen MR) is 114 cm³/mol. The summed E-state index contributed by atoms with van der Waals surface area (Å²) in [5, 5.41) is 12.7. The molecule has 0 aliphatic carbocycles. The van der Waals surface area contributed by atoms with Gasteiger partial charge in [-0.15, -0.1) is 0 Å². The molecule has 15 heteroatoms. The summed E-state index contributed by atoms with van der Waals surface area (Å²) in [6, 6.07) is 4.48. The molecule has 2 heterocycles. The average Bonchev–Trinajstić information content (AvgIpc) is 3.02. The average molecular weight is 524 g/mol. The molecule has 0 saturated carbocycles. The van der Waals surface area contributed by atoms with Crippen molar-refractivity contribution < 1.29 is 85.9 Å². The fourth-order valence-electron chi connectivity index (χ4n) is 3.06. The summed E-state index contributed by atoms with van der Waals surface area (Å²) in [7, 11) is -4.46. The van der Waals surface area contributed by atoms with Gasteiger partial charge in [0.1, 0.15) is 6.29 Å². The van der Waals surface area contributed by atoms with Gasteiger partial charge in [-0.05, 0) is 38.1 Å². The first-order valence-electron chi connectivity index (χ1n) is 9.03. The van der Waals surface area contributed by atoms with Gasteiger partial charge < -0.3 is 28.6 Å². The van der Waals surface area contributed by atoms with Gasteiger partial charge in [-0.1, -0.05) is 29.3 Å². The number of hydrogen-bond acceptors (Lipinski definition) is 5. The molecule has 1 fully saturated rings. The Bertz CT molecular complexity index is 1000. The van der Waals surface area contributed by atoms with E-state index in [1.54, 1.807) is 6.07 Å². The number of hydrogen-bond donors (Lipinski definition) is 5. The topological polar surface area (TPSA) is 146 Å². The van der Waals surface area contributed by atoms with Crippen molar-refractivity contribution in [3.63, 3.8) is 0 Å². The second kappa shape index (κ2) is 13.2. The molecule has 1 aliphatic rings. The molecule has 32 heavy (non-hydrogen) atoms. The Morgan fingerprint density at radius 1 is 1.19 bits per heavy atom. The zero-order chi connectivity index (χ0) is 21.9. The summed E-state index contributed by atoms with van der Waals surface area (Å²) in [6.07, 6.45) is 1.89. The number of rotatable bonds is 6. The maximum Gasteiger partial charge on any atom is 1.00 e. The van der Waals surface area contributed by atoms with Crippen LogP contribution in [0.5, 0.6) is 0 Å². The molecule has 0 atom stereocenters. The van der Waals surface area contributed by atoms with Crippen molar-refractivity contribution in [2.75, 3.05) is 18.4 Å². The number of halogens is 2. The minimum absolute atomic E-state index is 0. The maximum atomic E-state index is 12.8. The van der Waals surface area contributed by atoms with E-state index in [9.17, 15) is 23.9 Å². The largest absolute Gasteiger partial charge is 1.00 e. The van der Waals surface area contributed by atoms with Gasteiger partial charge in [0.05, 0.1) is 27.5 Å². The molecule has 166 valence electrons. The standard InChI is InChI=1S/C17H20Cl2N5O5P.2Na.2H/c18-11-2-1-3-12(19)14(11)16(25)22-13-8-24(9-30(27,28)29)23-15(13)17(26)21-10-4-6-20-7-5-10;;;;/h1-3,8,10,20H,4-7,9H2,(H,21,26)(H,22,25)(H2,27,28,29);;;;/q;2*+1;2*-1. The first kappa shape index (κ1) is 30.1. The fourth-order valence-corrected chi connectivity index (χ4v) is 4.15. The number of benzene rings is 1. The van der Waals surface area contributed by atoms with Gasteiger partial charge in [0.2, 0.25) is 0 Å². The third kappa shape index (κ3) is 8.37. The molecular formula is C17H22Cl2N5Na2O5P. The summed E-state index contributed by atoms with van der Waals surface area (Å²) < 4.78 is 12.3. The minimum atomic E-state index is -4.46. The minimum Gasteiger partial charge on any atom is -1.00 e. The summed E-state index contributed by atoms with van der Waals surface area (Å²) in [4.78, 5) is 43.9. The van der Waals surface area contributed by atoms with Crippen molar-refractivity contribution in [3.8, 4) is 0 Å². The van der Waals surface area contributed by atoms with Crippen LogP contribution in [-0.4, -0.2) is 50.5 Å². The van der Waals surface area contributed by atoms with Crippen LogP contribution < -0.4 is 75.1 Å². The molecule has 1 aromatic carbocycles. The second-order valence-electron chi connectivity index (χ2n) is 6.79. The molecule has 3 rings (SSSR count). The SMILES string of the molecule is O=C(NC1CCNCC1)c1nn(CP(=O)(O)O)cc1NC(=O)c1c(Cl)cccc1Cl.[H-].[H-].[Na+].[Na+]. The molecule has 0 bridgehead atoms. The van der Waals surface area contributed by atoms with Gasteiger partial charge in [0.25, 0.3) is 11.8 Å². The molecule has 0 unspecified atom stereocenters. The van der Waals surface area contributed by atoms with Crippen molar-refractivity contribution in [1.29, 1.82) is 0 Å². The van der Waals surface area contributed by atoms with Gasteiger partial charge >= 0.3 is 66.7 Å². The van der Waals surface area contributed by atoms with Crippen LogP contribution in [0.1, 0.15) is 36.5 Å². The quantitative estimate of drug-likeness (QED) is 0.193. The number of amides is 2. The Labute approximate surface area is 241 Å². The molecular weight excluding hydrogens is 502 g/mol. The molecule has 0 spiro atoms. The van der Waals surface area contributed by atoms with E-state index in [0.29, 0.717) is 0 Å². The number of nitrogens with one attached hydrogen (secondary N) is 3. The molecule has 1 aliphatic heterocycles. The van der Waals surface area contributed by atoms with Gasteiger partial charge in [0.15, 0.2) is 5.69 Å². The van der Waals surface area contributed by atoms with E-state index >= 15 is 0 Å². The molecule has 10 nitrogen and oxygen atoms in total. The van der Waals surface area contributed by atoms with E-state index in [2.05, 4.69) is 21.0 Å². The van der Waals surface area contributed by atoms with Crippen LogP contribution in [0.4, 0.5) is 5.69 Å². The van der Waals surface area contributed by atoms with Crippen LogP contribution in [0, 0.1) is 0 Å². The van der Waals surface area contributed by atoms with Gasteiger partial charge in [-0.2, -0.15) is 5.10 Å². The third-order valence-electron chi connectivity index (χ3n) is 4.42. The Morgan fingerprint density at radius 2 is 1.78 bits per heavy atom. The van der Waals surface area contributed by atoms with E-state index in [4.69, 9.17) is 23.2 Å². The molecule has 2 amide bonds. The van der Waals surface area contributed by atoms with Crippen molar-refractivity contribution in [3.05, 3.63) is 45.7 Å². The van der Waals surface area contributed by atoms with Gasteiger partial charge in [0, 0.05) is 6.04 Å². The zero-order valence-electron chi connectivity index (χ0n) is 19.6. The number of aromatic nitrogens is 2. The van der Waals surface area contributed by atoms with Crippen molar-refractivity contribution in [2.24, 2.45) is 0 Å². The Kier molecular flexibility index (Phi) is 12.4. The van der Waals surface area contributed by atoms with Crippen LogP contribution in [0.3, 0.4) is 0 Å². The smallest absolute Gasteiger partial charge is 1.00 e. The molecule has 1 aromatic heterocycles. The molecule has 0 radical (unpaired) electrons.